The van der Waals surface area contributed by atoms with Gasteiger partial charge in [-0.25, -0.2) is 4.98 Å². The molecule has 1 unspecified atom stereocenters. The zero-order valence-corrected chi connectivity index (χ0v) is 17.3. The van der Waals surface area contributed by atoms with Crippen molar-refractivity contribution in [2.24, 2.45) is 11.3 Å². The summed E-state index contributed by atoms with van der Waals surface area (Å²) in [6.45, 7) is 6.96. The summed E-state index contributed by atoms with van der Waals surface area (Å²) in [6, 6.07) is 14.4. The number of hydrogen-bond donors (Lipinski definition) is 1. The van der Waals surface area contributed by atoms with Crippen molar-refractivity contribution in [3.8, 4) is 11.4 Å². The van der Waals surface area contributed by atoms with Gasteiger partial charge >= 0.3 is 0 Å². The molecule has 0 spiro atoms. The third-order valence-corrected chi connectivity index (χ3v) is 7.34. The maximum absolute atomic E-state index is 13.0. The molecule has 0 saturated heterocycles. The van der Waals surface area contributed by atoms with Crippen molar-refractivity contribution < 1.29 is 0 Å². The van der Waals surface area contributed by atoms with E-state index in [-0.39, 0.29) is 5.56 Å². The third kappa shape index (κ3) is 2.78. The van der Waals surface area contributed by atoms with Gasteiger partial charge in [0.2, 0.25) is 0 Å². The number of rotatable bonds is 1. The molecule has 2 aromatic carbocycles. The molecule has 0 fully saturated rings. The van der Waals surface area contributed by atoms with Gasteiger partial charge in [0, 0.05) is 10.4 Å². The Labute approximate surface area is 168 Å². The van der Waals surface area contributed by atoms with E-state index >= 15 is 0 Å². The van der Waals surface area contributed by atoms with Crippen molar-refractivity contribution in [3.63, 3.8) is 0 Å². The summed E-state index contributed by atoms with van der Waals surface area (Å²) in [4.78, 5) is 23.3. The van der Waals surface area contributed by atoms with Crippen molar-refractivity contribution in [2.45, 2.75) is 40.0 Å². The largest absolute Gasteiger partial charge is 0.306 e. The molecule has 1 atom stereocenters. The molecule has 5 rings (SSSR count). The zero-order valence-electron chi connectivity index (χ0n) is 16.5. The predicted molar refractivity (Wildman–Crippen MR) is 118 cm³/mol. The summed E-state index contributed by atoms with van der Waals surface area (Å²) in [5, 5.41) is 3.08. The van der Waals surface area contributed by atoms with Gasteiger partial charge in [-0.1, -0.05) is 63.2 Å². The van der Waals surface area contributed by atoms with Crippen LogP contribution in [0.25, 0.3) is 32.4 Å². The normalized spacial score (nSPS) is 17.2. The molecule has 4 heteroatoms. The quantitative estimate of drug-likeness (QED) is 0.437. The van der Waals surface area contributed by atoms with Crippen LogP contribution in [0.4, 0.5) is 0 Å². The summed E-state index contributed by atoms with van der Waals surface area (Å²) in [5.74, 6) is 1.32. The van der Waals surface area contributed by atoms with Crippen LogP contribution in [0.1, 0.15) is 37.6 Å². The Kier molecular flexibility index (Phi) is 3.95. The number of aromatic amines is 1. The Balaban J connectivity index is 1.67. The van der Waals surface area contributed by atoms with E-state index in [9.17, 15) is 4.79 Å². The van der Waals surface area contributed by atoms with Crippen molar-refractivity contribution >= 4 is 32.3 Å². The Morgan fingerprint density at radius 3 is 2.71 bits per heavy atom. The molecule has 0 radical (unpaired) electrons. The number of benzene rings is 2. The minimum Gasteiger partial charge on any atom is -0.306 e. The van der Waals surface area contributed by atoms with Crippen molar-refractivity contribution in [1.29, 1.82) is 0 Å². The first-order valence-electron chi connectivity index (χ1n) is 9.94. The molecule has 2 aromatic heterocycles. The molecule has 0 bridgehead atoms. The average molecular weight is 389 g/mol. The lowest BCUT2D eigenvalue weighted by molar-refractivity contribution is 0.218. The van der Waals surface area contributed by atoms with Crippen molar-refractivity contribution in [3.05, 3.63) is 63.3 Å². The van der Waals surface area contributed by atoms with Gasteiger partial charge in [-0.3, -0.25) is 4.79 Å². The molecule has 0 saturated carbocycles. The molecular weight excluding hydrogens is 364 g/mol. The fraction of sp³-hybridized carbons (Fsp3) is 0.333. The average Bonchev–Trinajstić information content (AvgIpc) is 3.05. The molecule has 0 aliphatic heterocycles. The van der Waals surface area contributed by atoms with E-state index in [4.69, 9.17) is 4.98 Å². The molecule has 1 aliphatic carbocycles. The molecule has 1 N–H and O–H groups in total. The van der Waals surface area contributed by atoms with Crippen LogP contribution in [0.2, 0.25) is 0 Å². The third-order valence-electron chi connectivity index (χ3n) is 6.19. The number of H-pyrrole nitrogens is 1. The minimum absolute atomic E-state index is 0.000331. The van der Waals surface area contributed by atoms with Gasteiger partial charge in [0.1, 0.15) is 10.7 Å². The Morgan fingerprint density at radius 1 is 1.11 bits per heavy atom. The van der Waals surface area contributed by atoms with Crippen LogP contribution in [0.3, 0.4) is 0 Å². The lowest BCUT2D eigenvalue weighted by atomic mass is 9.72. The van der Waals surface area contributed by atoms with E-state index in [0.717, 1.165) is 45.8 Å². The first-order valence-corrected chi connectivity index (χ1v) is 10.8. The molecule has 2 heterocycles. The van der Waals surface area contributed by atoms with Crippen molar-refractivity contribution in [2.75, 3.05) is 0 Å². The fourth-order valence-electron chi connectivity index (χ4n) is 4.48. The zero-order chi connectivity index (χ0) is 19.5. The van der Waals surface area contributed by atoms with Crippen LogP contribution in [0.15, 0.2) is 47.3 Å². The summed E-state index contributed by atoms with van der Waals surface area (Å²) in [6.07, 6.45) is 3.19. The first-order chi connectivity index (χ1) is 13.4. The van der Waals surface area contributed by atoms with Gasteiger partial charge in [-0.2, -0.15) is 0 Å². The highest BCUT2D eigenvalue weighted by Crippen LogP contribution is 2.42. The smallest absolute Gasteiger partial charge is 0.260 e. The second-order valence-electron chi connectivity index (χ2n) is 8.93. The van der Waals surface area contributed by atoms with Gasteiger partial charge in [-0.15, -0.1) is 11.3 Å². The second-order valence-corrected chi connectivity index (χ2v) is 10.0. The van der Waals surface area contributed by atoms with Crippen LogP contribution < -0.4 is 5.56 Å². The first kappa shape index (κ1) is 17.6. The number of nitrogens with zero attached hydrogens (tertiary/aromatic N) is 1. The molecule has 142 valence electrons. The summed E-state index contributed by atoms with van der Waals surface area (Å²) >= 11 is 1.72. The summed E-state index contributed by atoms with van der Waals surface area (Å²) in [7, 11) is 0. The van der Waals surface area contributed by atoms with E-state index in [1.165, 1.54) is 10.4 Å². The van der Waals surface area contributed by atoms with E-state index in [0.29, 0.717) is 17.2 Å². The lowest BCUT2D eigenvalue weighted by Gasteiger charge is -2.33. The molecular formula is C24H24N2OS. The fourth-order valence-corrected chi connectivity index (χ4v) is 5.78. The van der Waals surface area contributed by atoms with E-state index in [1.54, 1.807) is 11.3 Å². The monoisotopic (exact) mass is 388 g/mol. The van der Waals surface area contributed by atoms with Gasteiger partial charge in [0.05, 0.1) is 5.39 Å². The maximum atomic E-state index is 13.0. The second kappa shape index (κ2) is 6.28. The molecule has 0 amide bonds. The maximum Gasteiger partial charge on any atom is 0.260 e. The SMILES string of the molecule is CC(C)(C)C1CCc2c(sc3nc(-c4cccc5ccccc45)[nH]c(=O)c23)C1. The Hall–Kier alpha value is -2.46. The number of fused-ring (bicyclic) bond motifs is 4. The number of hydrogen-bond acceptors (Lipinski definition) is 3. The highest BCUT2D eigenvalue weighted by atomic mass is 32.1. The van der Waals surface area contributed by atoms with E-state index < -0.39 is 0 Å². The Bertz CT molecular complexity index is 1250. The van der Waals surface area contributed by atoms with Crippen LogP contribution >= 0.6 is 11.3 Å². The van der Waals surface area contributed by atoms with Gasteiger partial charge in [0.15, 0.2) is 0 Å². The molecule has 1 aliphatic rings. The van der Waals surface area contributed by atoms with Crippen LogP contribution in [-0.2, 0) is 12.8 Å². The number of thiophene rings is 1. The summed E-state index contributed by atoms with van der Waals surface area (Å²) < 4.78 is 0. The molecule has 3 nitrogen and oxygen atoms in total. The molecule has 28 heavy (non-hydrogen) atoms. The minimum atomic E-state index is -0.000331. The van der Waals surface area contributed by atoms with Crippen LogP contribution in [-0.4, -0.2) is 9.97 Å². The van der Waals surface area contributed by atoms with E-state index in [2.05, 4.69) is 44.0 Å². The highest BCUT2D eigenvalue weighted by molar-refractivity contribution is 7.18. The highest BCUT2D eigenvalue weighted by Gasteiger charge is 2.31. The van der Waals surface area contributed by atoms with Crippen molar-refractivity contribution in [1.82, 2.24) is 9.97 Å². The van der Waals surface area contributed by atoms with Gasteiger partial charge in [0.25, 0.3) is 5.56 Å². The number of aromatic nitrogens is 2. The standard InChI is InChI=1S/C24H24N2OS/c1-24(2,3)15-11-12-18-19(13-15)28-23-20(18)22(27)25-21(26-23)17-10-6-8-14-7-4-5-9-16(14)17/h4-10,15H,11-13H2,1-3H3,(H,25,26,27). The summed E-state index contributed by atoms with van der Waals surface area (Å²) in [5.41, 5.74) is 2.51. The molecule has 4 aromatic rings. The van der Waals surface area contributed by atoms with Crippen LogP contribution in [0.5, 0.6) is 0 Å². The predicted octanol–water partition coefficient (Wildman–Crippen LogP) is 5.96. The van der Waals surface area contributed by atoms with Gasteiger partial charge in [-0.05, 0) is 46.9 Å². The van der Waals surface area contributed by atoms with Crippen LogP contribution in [0, 0.1) is 11.3 Å². The number of aryl methyl sites for hydroxylation is 1. The topological polar surface area (TPSA) is 45.8 Å². The Morgan fingerprint density at radius 2 is 1.89 bits per heavy atom. The van der Waals surface area contributed by atoms with E-state index in [1.807, 2.05) is 24.3 Å². The number of nitrogens with one attached hydrogen (secondary N) is 1. The van der Waals surface area contributed by atoms with Gasteiger partial charge < -0.3 is 4.98 Å². The lowest BCUT2D eigenvalue weighted by Crippen LogP contribution is -2.26.